The molecule has 0 bridgehead atoms. The van der Waals surface area contributed by atoms with E-state index >= 15 is 0 Å². The molecule has 1 aliphatic carbocycles. The van der Waals surface area contributed by atoms with Crippen LogP contribution in [0.5, 0.6) is 0 Å². The Morgan fingerprint density at radius 1 is 1.17 bits per heavy atom. The van der Waals surface area contributed by atoms with Crippen LogP contribution < -0.4 is 10.6 Å². The molecule has 2 aliphatic rings. The Kier molecular flexibility index (Phi) is 6.49. The van der Waals surface area contributed by atoms with Gasteiger partial charge in [0.05, 0.1) is 10.9 Å². The van der Waals surface area contributed by atoms with Gasteiger partial charge in [-0.2, -0.15) is 10.1 Å². The maximum Gasteiger partial charge on any atom is 0.298 e. The van der Waals surface area contributed by atoms with Crippen LogP contribution in [-0.4, -0.2) is 61.2 Å². The molecule has 0 unspecified atom stereocenters. The summed E-state index contributed by atoms with van der Waals surface area (Å²) in [4.78, 5) is 35.6. The van der Waals surface area contributed by atoms with Crippen LogP contribution in [0.2, 0.25) is 0 Å². The molecule has 0 spiro atoms. The fourth-order valence-corrected chi connectivity index (χ4v) is 5.21. The number of hydrogen-bond acceptors (Lipinski definition) is 8. The molecule has 1 aromatic carbocycles. The van der Waals surface area contributed by atoms with Crippen molar-refractivity contribution < 1.29 is 14.1 Å². The van der Waals surface area contributed by atoms with Gasteiger partial charge in [0.25, 0.3) is 17.6 Å². The number of carbonyl (C=O) groups excluding carboxylic acids is 2. The van der Waals surface area contributed by atoms with Crippen LogP contribution in [0.1, 0.15) is 69.0 Å². The van der Waals surface area contributed by atoms with Crippen molar-refractivity contribution in [2.24, 2.45) is 0 Å². The number of nitrogens with zero attached hydrogens (tertiary/aromatic N) is 5. The van der Waals surface area contributed by atoms with Gasteiger partial charge in [0.1, 0.15) is 0 Å². The minimum Gasteiger partial charge on any atom is -0.363 e. The lowest BCUT2D eigenvalue weighted by Crippen LogP contribution is -2.35. The fourth-order valence-electron chi connectivity index (χ4n) is 5.21. The highest BCUT2D eigenvalue weighted by Crippen LogP contribution is 2.46. The number of anilines is 1. The van der Waals surface area contributed by atoms with Crippen LogP contribution in [0.3, 0.4) is 0 Å². The van der Waals surface area contributed by atoms with Crippen LogP contribution >= 0.6 is 0 Å². The number of likely N-dealkylation sites (tertiary alicyclic amines) is 1. The number of amides is 2. The molecule has 1 atom stereocenters. The van der Waals surface area contributed by atoms with Crippen LogP contribution in [0.25, 0.3) is 22.2 Å². The third-order valence-electron chi connectivity index (χ3n) is 7.63. The molecule has 11 nitrogen and oxygen atoms in total. The zero-order valence-electron chi connectivity index (χ0n) is 23.5. The molecule has 6 rings (SSSR count). The number of aromatic nitrogens is 5. The molecule has 3 aromatic heterocycles. The molecule has 2 fully saturated rings. The summed E-state index contributed by atoms with van der Waals surface area (Å²) in [5, 5.41) is 18.9. The molecule has 3 N–H and O–H groups in total. The molecule has 210 valence electrons. The Hall–Kier alpha value is -4.72. The van der Waals surface area contributed by atoms with E-state index in [1.165, 1.54) is 0 Å². The topological polar surface area (TPSA) is 142 Å². The lowest BCUT2D eigenvalue weighted by molar-refractivity contribution is -0.124. The molecule has 1 saturated heterocycles. The SMILES string of the molecule is CC#CC(=O)N1CC[C@@H](Nc2n[nH]c3nccc(-c4ccc(C5(NC(=O)c6noc(C(C)(C)C)n6)CC5)cc4)c23)C1. The van der Waals surface area contributed by atoms with E-state index in [-0.39, 0.29) is 29.1 Å². The van der Waals surface area contributed by atoms with Crippen LogP contribution in [0.15, 0.2) is 41.1 Å². The summed E-state index contributed by atoms with van der Waals surface area (Å²) >= 11 is 0. The molecule has 1 aliphatic heterocycles. The van der Waals surface area contributed by atoms with Gasteiger partial charge >= 0.3 is 0 Å². The van der Waals surface area contributed by atoms with Crippen molar-refractivity contribution in [2.75, 3.05) is 18.4 Å². The average Bonchev–Trinajstić information content (AvgIpc) is 3.34. The van der Waals surface area contributed by atoms with E-state index in [4.69, 9.17) is 4.52 Å². The second-order valence-corrected chi connectivity index (χ2v) is 11.7. The number of benzene rings is 1. The highest BCUT2D eigenvalue weighted by atomic mass is 16.5. The zero-order chi connectivity index (χ0) is 28.8. The van der Waals surface area contributed by atoms with E-state index in [0.717, 1.165) is 41.3 Å². The second-order valence-electron chi connectivity index (χ2n) is 11.7. The largest absolute Gasteiger partial charge is 0.363 e. The third kappa shape index (κ3) is 5.13. The van der Waals surface area contributed by atoms with E-state index in [2.05, 4.69) is 59.9 Å². The van der Waals surface area contributed by atoms with Crippen molar-refractivity contribution in [2.45, 2.75) is 64.0 Å². The first-order valence-corrected chi connectivity index (χ1v) is 13.8. The van der Waals surface area contributed by atoms with Gasteiger partial charge < -0.3 is 20.1 Å². The number of hydrogen-bond donors (Lipinski definition) is 3. The minimum atomic E-state index is -0.442. The molecule has 4 aromatic rings. The van der Waals surface area contributed by atoms with Crippen LogP contribution in [0.4, 0.5) is 5.82 Å². The molecular formula is C30H32N8O3. The quantitative estimate of drug-likeness (QED) is 0.307. The van der Waals surface area contributed by atoms with Gasteiger partial charge in [-0.1, -0.05) is 56.1 Å². The summed E-state index contributed by atoms with van der Waals surface area (Å²) in [6.07, 6.45) is 4.24. The number of rotatable bonds is 6. The van der Waals surface area contributed by atoms with Crippen molar-refractivity contribution in [3.05, 3.63) is 53.8 Å². The van der Waals surface area contributed by atoms with Crippen molar-refractivity contribution in [1.82, 2.24) is 35.5 Å². The van der Waals surface area contributed by atoms with Crippen molar-refractivity contribution in [3.63, 3.8) is 0 Å². The number of carbonyl (C=O) groups is 2. The minimum absolute atomic E-state index is 0.0463. The first-order chi connectivity index (χ1) is 19.7. The summed E-state index contributed by atoms with van der Waals surface area (Å²) in [5.74, 6) is 5.98. The maximum atomic E-state index is 12.9. The Morgan fingerprint density at radius 3 is 2.63 bits per heavy atom. The van der Waals surface area contributed by atoms with Gasteiger partial charge in [-0.25, -0.2) is 4.98 Å². The molecule has 2 amide bonds. The second kappa shape index (κ2) is 10.0. The molecule has 0 radical (unpaired) electrons. The molecule has 41 heavy (non-hydrogen) atoms. The predicted octanol–water partition coefficient (Wildman–Crippen LogP) is 3.76. The van der Waals surface area contributed by atoms with Gasteiger partial charge in [0, 0.05) is 30.7 Å². The van der Waals surface area contributed by atoms with E-state index in [1.54, 1.807) is 18.0 Å². The molecule has 1 saturated carbocycles. The summed E-state index contributed by atoms with van der Waals surface area (Å²) < 4.78 is 5.30. The molecular weight excluding hydrogens is 520 g/mol. The van der Waals surface area contributed by atoms with Crippen molar-refractivity contribution in [3.8, 4) is 23.0 Å². The normalized spacial score (nSPS) is 17.7. The van der Waals surface area contributed by atoms with Crippen LogP contribution in [-0.2, 0) is 15.7 Å². The Labute approximate surface area is 237 Å². The Balaban J connectivity index is 1.20. The first-order valence-electron chi connectivity index (χ1n) is 13.8. The third-order valence-corrected chi connectivity index (χ3v) is 7.63. The number of fused-ring (bicyclic) bond motifs is 1. The van der Waals surface area contributed by atoms with Gasteiger partial charge in [0.2, 0.25) is 5.89 Å². The van der Waals surface area contributed by atoms with Crippen molar-refractivity contribution in [1.29, 1.82) is 0 Å². The summed E-state index contributed by atoms with van der Waals surface area (Å²) in [6, 6.07) is 10.2. The standard InChI is InChI=1S/C30H32N8O3/c1-5-6-22(39)38-16-12-20(17-38)32-25-23-21(11-15-31-24(23)35-36-25)18-7-9-19(10-8-18)30(13-14-30)34-27(40)26-33-28(41-37-26)29(2,3)4/h7-11,15,20H,12-14,16-17H2,1-4H3,(H,34,40)(H2,31,32,35,36)/t20-/m1/s1. The van der Waals surface area contributed by atoms with E-state index in [9.17, 15) is 9.59 Å². The van der Waals surface area contributed by atoms with Crippen LogP contribution in [0, 0.1) is 11.8 Å². The van der Waals surface area contributed by atoms with Gasteiger partial charge in [0.15, 0.2) is 11.5 Å². The Bertz CT molecular complexity index is 1680. The number of H-pyrrole nitrogens is 1. The van der Waals surface area contributed by atoms with Crippen molar-refractivity contribution >= 4 is 28.7 Å². The highest BCUT2D eigenvalue weighted by molar-refractivity contribution is 6.00. The van der Waals surface area contributed by atoms with Gasteiger partial charge in [-0.3, -0.25) is 14.7 Å². The number of pyridine rings is 1. The highest BCUT2D eigenvalue weighted by Gasteiger charge is 2.46. The lowest BCUT2D eigenvalue weighted by Gasteiger charge is -2.18. The lowest BCUT2D eigenvalue weighted by atomic mass is 9.97. The summed E-state index contributed by atoms with van der Waals surface area (Å²) in [5.41, 5.74) is 2.91. The van der Waals surface area contributed by atoms with E-state index in [0.29, 0.717) is 30.4 Å². The van der Waals surface area contributed by atoms with Gasteiger partial charge in [-0.05, 0) is 54.9 Å². The van der Waals surface area contributed by atoms with E-state index in [1.807, 2.05) is 39.0 Å². The maximum absolute atomic E-state index is 12.9. The molecule has 4 heterocycles. The monoisotopic (exact) mass is 552 g/mol. The average molecular weight is 553 g/mol. The Morgan fingerprint density at radius 2 is 1.95 bits per heavy atom. The number of nitrogens with one attached hydrogen (secondary N) is 3. The summed E-state index contributed by atoms with van der Waals surface area (Å²) in [7, 11) is 0. The smallest absolute Gasteiger partial charge is 0.298 e. The fraction of sp³-hybridized carbons (Fsp3) is 0.400. The zero-order valence-corrected chi connectivity index (χ0v) is 23.5. The summed E-state index contributed by atoms with van der Waals surface area (Å²) in [6.45, 7) is 8.77. The first kappa shape index (κ1) is 26.5. The van der Waals surface area contributed by atoms with Gasteiger partial charge in [-0.15, -0.1) is 0 Å². The molecule has 11 heteroatoms. The predicted molar refractivity (Wildman–Crippen MR) is 153 cm³/mol. The number of aromatic amines is 1. The van der Waals surface area contributed by atoms with E-state index < -0.39 is 5.54 Å².